The van der Waals surface area contributed by atoms with Crippen LogP contribution in [0.5, 0.6) is 5.75 Å². The smallest absolute Gasteiger partial charge is 0.411 e. The van der Waals surface area contributed by atoms with E-state index in [1.807, 2.05) is 0 Å². The fraction of sp³-hybridized carbons (Fsp3) is 0.364. The Labute approximate surface area is 110 Å². The van der Waals surface area contributed by atoms with E-state index in [0.717, 1.165) is 0 Å². The Kier molecular flexibility index (Phi) is 4.90. The standard InChI is InChI=1S/C11H13Cl2NO3/c1-6(2)17-11(15)14-7-4-8(12)10(16-3)9(13)5-7/h4-6H,1-3H3,(H,14,15). The van der Waals surface area contributed by atoms with Crippen molar-refractivity contribution in [2.45, 2.75) is 20.0 Å². The fourth-order valence-corrected chi connectivity index (χ4v) is 1.83. The number of hydrogen-bond acceptors (Lipinski definition) is 3. The highest BCUT2D eigenvalue weighted by atomic mass is 35.5. The van der Waals surface area contributed by atoms with E-state index in [9.17, 15) is 4.79 Å². The molecular formula is C11H13Cl2NO3. The lowest BCUT2D eigenvalue weighted by atomic mass is 10.3. The summed E-state index contributed by atoms with van der Waals surface area (Å²) < 4.78 is 9.92. The maximum absolute atomic E-state index is 11.3. The lowest BCUT2D eigenvalue weighted by Crippen LogP contribution is -2.17. The molecule has 94 valence electrons. The van der Waals surface area contributed by atoms with E-state index in [-0.39, 0.29) is 6.10 Å². The van der Waals surface area contributed by atoms with Crippen LogP contribution in [0.15, 0.2) is 12.1 Å². The van der Waals surface area contributed by atoms with Gasteiger partial charge in [0.1, 0.15) is 0 Å². The zero-order valence-electron chi connectivity index (χ0n) is 9.71. The molecule has 0 radical (unpaired) electrons. The Morgan fingerprint density at radius 2 is 1.82 bits per heavy atom. The molecule has 17 heavy (non-hydrogen) atoms. The van der Waals surface area contributed by atoms with E-state index in [2.05, 4.69) is 5.32 Å². The summed E-state index contributed by atoms with van der Waals surface area (Å²) in [5.41, 5.74) is 0.450. The van der Waals surface area contributed by atoms with Gasteiger partial charge in [-0.25, -0.2) is 4.79 Å². The largest absolute Gasteiger partial charge is 0.494 e. The third-order valence-corrected chi connectivity index (χ3v) is 2.35. The summed E-state index contributed by atoms with van der Waals surface area (Å²) >= 11 is 11.8. The molecule has 6 heteroatoms. The average Bonchev–Trinajstić information content (AvgIpc) is 2.15. The molecule has 0 aliphatic heterocycles. The van der Waals surface area contributed by atoms with Crippen molar-refractivity contribution in [2.24, 2.45) is 0 Å². The number of amides is 1. The van der Waals surface area contributed by atoms with E-state index in [1.54, 1.807) is 13.8 Å². The van der Waals surface area contributed by atoms with Crippen molar-refractivity contribution >= 4 is 35.0 Å². The minimum Gasteiger partial charge on any atom is -0.494 e. The van der Waals surface area contributed by atoms with E-state index in [0.29, 0.717) is 21.5 Å². The Hall–Kier alpha value is -1.13. The molecule has 0 bridgehead atoms. The van der Waals surface area contributed by atoms with Crippen LogP contribution in [0.2, 0.25) is 10.0 Å². The van der Waals surface area contributed by atoms with Crippen molar-refractivity contribution in [3.05, 3.63) is 22.2 Å². The van der Waals surface area contributed by atoms with Crippen LogP contribution >= 0.6 is 23.2 Å². The Morgan fingerprint density at radius 3 is 2.24 bits per heavy atom. The minimum atomic E-state index is -0.558. The summed E-state index contributed by atoms with van der Waals surface area (Å²) in [5.74, 6) is 0.371. The van der Waals surface area contributed by atoms with Gasteiger partial charge in [-0.15, -0.1) is 0 Å². The first-order valence-corrected chi connectivity index (χ1v) is 5.70. The van der Waals surface area contributed by atoms with Gasteiger partial charge < -0.3 is 9.47 Å². The van der Waals surface area contributed by atoms with Gasteiger partial charge in [0.2, 0.25) is 0 Å². The van der Waals surface area contributed by atoms with Crippen molar-refractivity contribution in [1.82, 2.24) is 0 Å². The lowest BCUT2D eigenvalue weighted by molar-refractivity contribution is 0.130. The SMILES string of the molecule is COc1c(Cl)cc(NC(=O)OC(C)C)cc1Cl. The van der Waals surface area contributed by atoms with Crippen LogP contribution in [-0.4, -0.2) is 19.3 Å². The zero-order valence-corrected chi connectivity index (χ0v) is 11.2. The monoisotopic (exact) mass is 277 g/mol. The van der Waals surface area contributed by atoms with Gasteiger partial charge in [0.15, 0.2) is 5.75 Å². The van der Waals surface area contributed by atoms with E-state index >= 15 is 0 Å². The second-order valence-electron chi connectivity index (χ2n) is 3.55. The first-order chi connectivity index (χ1) is 7.93. The molecule has 1 amide bonds. The Bertz CT molecular complexity index is 398. The number of anilines is 1. The van der Waals surface area contributed by atoms with Gasteiger partial charge in [0.05, 0.1) is 23.3 Å². The normalized spacial score (nSPS) is 10.2. The Balaban J connectivity index is 2.83. The number of hydrogen-bond donors (Lipinski definition) is 1. The molecule has 0 saturated carbocycles. The van der Waals surface area contributed by atoms with Gasteiger partial charge in [-0.3, -0.25) is 5.32 Å². The number of nitrogens with one attached hydrogen (secondary N) is 1. The topological polar surface area (TPSA) is 47.6 Å². The Morgan fingerprint density at radius 1 is 1.29 bits per heavy atom. The van der Waals surface area contributed by atoms with Crippen molar-refractivity contribution < 1.29 is 14.3 Å². The molecule has 0 aliphatic rings. The van der Waals surface area contributed by atoms with Crippen molar-refractivity contribution in [1.29, 1.82) is 0 Å². The molecule has 0 fully saturated rings. The van der Waals surface area contributed by atoms with Crippen LogP contribution < -0.4 is 10.1 Å². The van der Waals surface area contributed by atoms with Gasteiger partial charge >= 0.3 is 6.09 Å². The van der Waals surface area contributed by atoms with Crippen LogP contribution in [0.25, 0.3) is 0 Å². The average molecular weight is 278 g/mol. The van der Waals surface area contributed by atoms with Gasteiger partial charge in [-0.1, -0.05) is 23.2 Å². The summed E-state index contributed by atoms with van der Waals surface area (Å²) in [6.45, 7) is 3.51. The highest BCUT2D eigenvalue weighted by Gasteiger charge is 2.11. The minimum absolute atomic E-state index is 0.195. The number of carbonyl (C=O) groups is 1. The van der Waals surface area contributed by atoms with Crippen LogP contribution in [0.3, 0.4) is 0 Å². The molecule has 0 aromatic heterocycles. The predicted molar refractivity (Wildman–Crippen MR) is 68.3 cm³/mol. The summed E-state index contributed by atoms with van der Waals surface area (Å²) in [5, 5.41) is 3.16. The highest BCUT2D eigenvalue weighted by molar-refractivity contribution is 6.37. The molecule has 1 aromatic carbocycles. The van der Waals surface area contributed by atoms with Gasteiger partial charge in [0, 0.05) is 5.69 Å². The highest BCUT2D eigenvalue weighted by Crippen LogP contribution is 2.35. The quantitative estimate of drug-likeness (QED) is 0.910. The van der Waals surface area contributed by atoms with Crippen molar-refractivity contribution in [3.63, 3.8) is 0 Å². The third-order valence-electron chi connectivity index (χ3n) is 1.79. The second-order valence-corrected chi connectivity index (χ2v) is 4.37. The molecule has 0 saturated heterocycles. The predicted octanol–water partition coefficient (Wildman–Crippen LogP) is 3.96. The molecule has 1 N–H and O–H groups in total. The maximum atomic E-state index is 11.3. The van der Waals surface area contributed by atoms with Crippen LogP contribution in [0.4, 0.5) is 10.5 Å². The molecular weight excluding hydrogens is 265 g/mol. The van der Waals surface area contributed by atoms with E-state index < -0.39 is 6.09 Å². The molecule has 0 heterocycles. The van der Waals surface area contributed by atoms with Gasteiger partial charge in [-0.05, 0) is 26.0 Å². The fourth-order valence-electron chi connectivity index (χ4n) is 1.19. The summed E-state index contributed by atoms with van der Waals surface area (Å²) in [7, 11) is 1.47. The maximum Gasteiger partial charge on any atom is 0.411 e. The van der Waals surface area contributed by atoms with E-state index in [4.69, 9.17) is 32.7 Å². The summed E-state index contributed by atoms with van der Waals surface area (Å²) in [4.78, 5) is 11.3. The number of ether oxygens (including phenoxy) is 2. The van der Waals surface area contributed by atoms with Crippen LogP contribution in [0.1, 0.15) is 13.8 Å². The molecule has 0 atom stereocenters. The number of rotatable bonds is 3. The zero-order chi connectivity index (χ0) is 13.0. The number of halogens is 2. The third kappa shape index (κ3) is 3.98. The van der Waals surface area contributed by atoms with Crippen molar-refractivity contribution in [2.75, 3.05) is 12.4 Å². The molecule has 0 unspecified atom stereocenters. The molecule has 4 nitrogen and oxygen atoms in total. The molecule has 0 spiro atoms. The number of methoxy groups -OCH3 is 1. The summed E-state index contributed by atoms with van der Waals surface area (Å²) in [6, 6.07) is 3.07. The second kappa shape index (κ2) is 5.98. The molecule has 1 aromatic rings. The van der Waals surface area contributed by atoms with E-state index in [1.165, 1.54) is 19.2 Å². The van der Waals surface area contributed by atoms with Gasteiger partial charge in [-0.2, -0.15) is 0 Å². The first kappa shape index (κ1) is 13.9. The summed E-state index contributed by atoms with van der Waals surface area (Å²) in [6.07, 6.45) is -0.753. The van der Waals surface area contributed by atoms with Crippen LogP contribution in [0, 0.1) is 0 Å². The molecule has 1 rings (SSSR count). The molecule has 0 aliphatic carbocycles. The van der Waals surface area contributed by atoms with Crippen molar-refractivity contribution in [3.8, 4) is 5.75 Å². The first-order valence-electron chi connectivity index (χ1n) is 4.94. The number of benzene rings is 1. The van der Waals surface area contributed by atoms with Gasteiger partial charge in [0.25, 0.3) is 0 Å². The number of carbonyl (C=O) groups excluding carboxylic acids is 1. The lowest BCUT2D eigenvalue weighted by Gasteiger charge is -2.11. The van der Waals surface area contributed by atoms with Crippen LogP contribution in [-0.2, 0) is 4.74 Å².